The highest BCUT2D eigenvalue weighted by Crippen LogP contribution is 2.49. The molecule has 13 heteroatoms. The SMILES string of the molecule is N#CC(OC(F)(F)C(F)=C(F)F)(C(F)(F)F)C(F)(F)F. The summed E-state index contributed by atoms with van der Waals surface area (Å²) in [5, 5.41) is 7.86. The first-order valence-electron chi connectivity index (χ1n) is 3.96. The van der Waals surface area contributed by atoms with Gasteiger partial charge in [0, 0.05) is 0 Å². The lowest BCUT2D eigenvalue weighted by Gasteiger charge is -2.33. The van der Waals surface area contributed by atoms with Crippen molar-refractivity contribution in [3.8, 4) is 6.07 Å². The molecular formula is C7F11NO. The Morgan fingerprint density at radius 3 is 1.35 bits per heavy atom. The summed E-state index contributed by atoms with van der Waals surface area (Å²) >= 11 is 0. The van der Waals surface area contributed by atoms with Crippen LogP contribution < -0.4 is 0 Å². The van der Waals surface area contributed by atoms with E-state index in [1.165, 1.54) is 0 Å². The van der Waals surface area contributed by atoms with Crippen LogP contribution in [0.4, 0.5) is 48.3 Å². The van der Waals surface area contributed by atoms with Crippen molar-refractivity contribution in [2.75, 3.05) is 0 Å². The van der Waals surface area contributed by atoms with E-state index in [1.807, 2.05) is 0 Å². The number of nitrogens with zero attached hydrogens (tertiary/aromatic N) is 1. The maximum Gasteiger partial charge on any atom is 0.440 e. The predicted octanol–water partition coefficient (Wildman–Crippen LogP) is 4.06. The van der Waals surface area contributed by atoms with Crippen molar-refractivity contribution in [3.05, 3.63) is 11.9 Å². The number of rotatable bonds is 3. The number of hydrogen-bond donors (Lipinski definition) is 0. The fraction of sp³-hybridized carbons (Fsp3) is 0.571. The first-order valence-corrected chi connectivity index (χ1v) is 3.96. The maximum absolute atomic E-state index is 12.5. The van der Waals surface area contributed by atoms with Crippen LogP contribution >= 0.6 is 0 Å². The zero-order valence-corrected chi connectivity index (χ0v) is 8.51. The fourth-order valence-corrected chi connectivity index (χ4v) is 0.773. The first-order chi connectivity index (χ1) is 8.62. The van der Waals surface area contributed by atoms with E-state index < -0.39 is 42.0 Å². The zero-order valence-electron chi connectivity index (χ0n) is 8.51. The molecule has 0 radical (unpaired) electrons. The Bertz CT molecular complexity index is 421. The lowest BCUT2D eigenvalue weighted by Crippen LogP contribution is -2.60. The van der Waals surface area contributed by atoms with Crippen molar-refractivity contribution < 1.29 is 53.0 Å². The van der Waals surface area contributed by atoms with E-state index in [1.54, 1.807) is 0 Å². The summed E-state index contributed by atoms with van der Waals surface area (Å²) in [5.74, 6) is -3.98. The van der Waals surface area contributed by atoms with Gasteiger partial charge in [0.2, 0.25) is 0 Å². The summed E-state index contributed by atoms with van der Waals surface area (Å²) in [6.07, 6.45) is -23.8. The summed E-state index contributed by atoms with van der Waals surface area (Å²) in [7, 11) is 0. The van der Waals surface area contributed by atoms with E-state index in [9.17, 15) is 48.3 Å². The lowest BCUT2D eigenvalue weighted by atomic mass is 10.1. The largest absolute Gasteiger partial charge is 0.440 e. The Kier molecular flexibility index (Phi) is 4.67. The molecule has 20 heavy (non-hydrogen) atoms. The first kappa shape index (κ1) is 18.4. The van der Waals surface area contributed by atoms with Crippen LogP contribution in [-0.4, -0.2) is 24.1 Å². The second-order valence-corrected chi connectivity index (χ2v) is 2.98. The summed E-state index contributed by atoms with van der Waals surface area (Å²) in [6, 6.07) is -0.641. The highest BCUT2D eigenvalue weighted by molar-refractivity contribution is 5.15. The molecule has 0 unspecified atom stereocenters. The van der Waals surface area contributed by atoms with Crippen molar-refractivity contribution in [2.24, 2.45) is 0 Å². The molecule has 0 saturated heterocycles. The Labute approximate surface area is 102 Å². The van der Waals surface area contributed by atoms with Crippen LogP contribution in [0.3, 0.4) is 0 Å². The maximum atomic E-state index is 12.5. The highest BCUT2D eigenvalue weighted by Gasteiger charge is 2.77. The van der Waals surface area contributed by atoms with Gasteiger partial charge in [0.1, 0.15) is 6.07 Å². The zero-order chi connectivity index (χ0) is 16.6. The minimum Gasteiger partial charge on any atom is -0.275 e. The summed E-state index contributed by atoms with van der Waals surface area (Å²) in [6.45, 7) is 0. The second kappa shape index (κ2) is 5.08. The third kappa shape index (κ3) is 3.11. The van der Waals surface area contributed by atoms with E-state index >= 15 is 0 Å². The van der Waals surface area contributed by atoms with Crippen molar-refractivity contribution in [2.45, 2.75) is 24.1 Å². The molecule has 0 aromatic carbocycles. The molecule has 0 aliphatic heterocycles. The standard InChI is InChI=1S/C7F11NO/c8-2(3(9)10)5(11,12)20-4(1-19,6(13,14)15)7(16,17)18. The molecule has 0 amide bonds. The molecule has 0 aromatic rings. The topological polar surface area (TPSA) is 33.0 Å². The minimum atomic E-state index is -6.80. The van der Waals surface area contributed by atoms with E-state index in [0.717, 1.165) is 0 Å². The number of ether oxygens (including phenoxy) is 1. The van der Waals surface area contributed by atoms with Crippen LogP contribution in [0.5, 0.6) is 0 Å². The summed E-state index contributed by atoms with van der Waals surface area (Å²) in [4.78, 5) is 0. The van der Waals surface area contributed by atoms with Gasteiger partial charge < -0.3 is 0 Å². The van der Waals surface area contributed by atoms with Gasteiger partial charge >= 0.3 is 30.1 Å². The number of nitriles is 1. The summed E-state index contributed by atoms with van der Waals surface area (Å²) < 4.78 is 135. The van der Waals surface area contributed by atoms with Crippen LogP contribution in [0, 0.1) is 11.3 Å². The van der Waals surface area contributed by atoms with Gasteiger partial charge in [-0.1, -0.05) is 0 Å². The van der Waals surface area contributed by atoms with Gasteiger partial charge in [0.05, 0.1) is 0 Å². The van der Waals surface area contributed by atoms with Crippen LogP contribution in [0.2, 0.25) is 0 Å². The van der Waals surface area contributed by atoms with Gasteiger partial charge in [-0.05, 0) is 0 Å². The molecule has 2 nitrogen and oxygen atoms in total. The molecule has 0 spiro atoms. The van der Waals surface area contributed by atoms with Crippen LogP contribution in [0.15, 0.2) is 11.9 Å². The fourth-order valence-electron chi connectivity index (χ4n) is 0.773. The average Bonchev–Trinajstić information content (AvgIpc) is 2.21. The highest BCUT2D eigenvalue weighted by atomic mass is 19.4. The van der Waals surface area contributed by atoms with Crippen molar-refractivity contribution in [3.63, 3.8) is 0 Å². The van der Waals surface area contributed by atoms with Crippen molar-refractivity contribution >= 4 is 0 Å². The second-order valence-electron chi connectivity index (χ2n) is 2.98. The van der Waals surface area contributed by atoms with Crippen LogP contribution in [-0.2, 0) is 4.74 Å². The molecule has 0 aromatic heterocycles. The molecule has 0 aliphatic carbocycles. The molecule has 0 saturated carbocycles. The molecule has 0 fully saturated rings. The molecule has 0 atom stereocenters. The number of hydrogen-bond acceptors (Lipinski definition) is 2. The van der Waals surface area contributed by atoms with Crippen LogP contribution in [0.25, 0.3) is 0 Å². The third-order valence-electron chi connectivity index (χ3n) is 1.66. The molecule has 0 bridgehead atoms. The molecular weight excluding hydrogens is 323 g/mol. The van der Waals surface area contributed by atoms with E-state index in [4.69, 9.17) is 5.26 Å². The van der Waals surface area contributed by atoms with Gasteiger partial charge in [0.15, 0.2) is 0 Å². The van der Waals surface area contributed by atoms with Gasteiger partial charge in [0.25, 0.3) is 5.83 Å². The Balaban J connectivity index is 6.02. The Morgan fingerprint density at radius 1 is 0.800 bits per heavy atom. The van der Waals surface area contributed by atoms with Crippen molar-refractivity contribution in [1.82, 2.24) is 0 Å². The predicted molar refractivity (Wildman–Crippen MR) is 36.8 cm³/mol. The van der Waals surface area contributed by atoms with E-state index in [2.05, 4.69) is 4.74 Å². The molecule has 116 valence electrons. The molecule has 0 aliphatic rings. The van der Waals surface area contributed by atoms with Gasteiger partial charge in [-0.2, -0.15) is 53.6 Å². The normalized spacial score (nSPS) is 13.9. The minimum absolute atomic E-state index is 0.641. The van der Waals surface area contributed by atoms with Crippen LogP contribution in [0.1, 0.15) is 0 Å². The smallest absolute Gasteiger partial charge is 0.275 e. The summed E-state index contributed by atoms with van der Waals surface area (Å²) in [5.41, 5.74) is -6.18. The van der Waals surface area contributed by atoms with Gasteiger partial charge in [-0.3, -0.25) is 4.74 Å². The third-order valence-corrected chi connectivity index (χ3v) is 1.66. The monoisotopic (exact) mass is 323 g/mol. The molecule has 0 N–H and O–H groups in total. The Morgan fingerprint density at radius 2 is 1.15 bits per heavy atom. The Hall–Kier alpha value is -1.58. The quantitative estimate of drug-likeness (QED) is 0.734. The number of halogens is 11. The van der Waals surface area contributed by atoms with Crippen molar-refractivity contribution in [1.29, 1.82) is 5.26 Å². The lowest BCUT2D eigenvalue weighted by molar-refractivity contribution is -0.412. The van der Waals surface area contributed by atoms with E-state index in [-0.39, 0.29) is 0 Å². The average molecular weight is 323 g/mol. The van der Waals surface area contributed by atoms with Gasteiger partial charge in [-0.15, -0.1) is 0 Å². The van der Waals surface area contributed by atoms with Gasteiger partial charge in [-0.25, -0.2) is 0 Å². The molecule has 0 heterocycles. The molecule has 0 rings (SSSR count). The van der Waals surface area contributed by atoms with E-state index in [0.29, 0.717) is 0 Å². The number of alkyl halides is 8.